The van der Waals surface area contributed by atoms with Crippen molar-refractivity contribution in [3.05, 3.63) is 109 Å². The van der Waals surface area contributed by atoms with Crippen molar-refractivity contribution in [1.29, 1.82) is 0 Å². The number of carbonyl (C=O) groups excluding carboxylic acids is 1. The zero-order valence-electron chi connectivity index (χ0n) is 19.2. The number of cyclic esters (lactones) is 1. The summed E-state index contributed by atoms with van der Waals surface area (Å²) in [5, 5.41) is 22.2. The number of hydrogen-bond acceptors (Lipinski definition) is 9. The standard InChI is InChI=1S/C25H19N3O8/c1-15-19(7-4-8-21(15)28(32)33)24-26-20(25(29)36-24)12-16-9-10-22(23(13-16)34-2)35-14-17-5-3-6-18(11-17)27(30)31/h3-13H,14H2,1-2H3/b20-12-. The summed E-state index contributed by atoms with van der Waals surface area (Å²) in [5.41, 5.74) is 1.75. The summed E-state index contributed by atoms with van der Waals surface area (Å²) in [6, 6.07) is 15.5. The molecule has 0 radical (unpaired) electrons. The Morgan fingerprint density at radius 2 is 1.78 bits per heavy atom. The van der Waals surface area contributed by atoms with E-state index in [9.17, 15) is 25.0 Å². The lowest BCUT2D eigenvalue weighted by atomic mass is 10.1. The minimum atomic E-state index is -0.694. The highest BCUT2D eigenvalue weighted by atomic mass is 16.6. The van der Waals surface area contributed by atoms with Crippen molar-refractivity contribution < 1.29 is 28.9 Å². The Bertz CT molecular complexity index is 1440. The van der Waals surface area contributed by atoms with Crippen molar-refractivity contribution in [3.63, 3.8) is 0 Å². The van der Waals surface area contributed by atoms with Crippen LogP contribution in [0.2, 0.25) is 0 Å². The molecule has 1 aliphatic heterocycles. The first-order valence-corrected chi connectivity index (χ1v) is 10.6. The lowest BCUT2D eigenvalue weighted by molar-refractivity contribution is -0.385. The number of rotatable bonds is 8. The summed E-state index contributed by atoms with van der Waals surface area (Å²) in [6.45, 7) is 1.64. The quantitative estimate of drug-likeness (QED) is 0.191. The molecule has 0 aromatic heterocycles. The van der Waals surface area contributed by atoms with Gasteiger partial charge in [0, 0.05) is 29.3 Å². The van der Waals surface area contributed by atoms with Gasteiger partial charge in [-0.1, -0.05) is 24.3 Å². The van der Waals surface area contributed by atoms with Crippen LogP contribution in [0.15, 0.2) is 71.4 Å². The molecule has 182 valence electrons. The Labute approximate surface area is 204 Å². The molecule has 0 bridgehead atoms. The van der Waals surface area contributed by atoms with Crippen molar-refractivity contribution in [2.24, 2.45) is 4.99 Å². The summed E-state index contributed by atoms with van der Waals surface area (Å²) in [4.78, 5) is 37.8. The number of nitrogens with zero attached hydrogens (tertiary/aromatic N) is 3. The highest BCUT2D eigenvalue weighted by Crippen LogP contribution is 2.31. The first kappa shape index (κ1) is 24.1. The maximum atomic E-state index is 12.4. The first-order valence-electron chi connectivity index (χ1n) is 10.6. The van der Waals surface area contributed by atoms with Gasteiger partial charge in [0.2, 0.25) is 5.90 Å². The van der Waals surface area contributed by atoms with Crippen LogP contribution in [0.3, 0.4) is 0 Å². The van der Waals surface area contributed by atoms with Crippen LogP contribution in [0.4, 0.5) is 11.4 Å². The molecule has 0 saturated carbocycles. The van der Waals surface area contributed by atoms with E-state index < -0.39 is 15.8 Å². The monoisotopic (exact) mass is 489 g/mol. The van der Waals surface area contributed by atoms with Crippen LogP contribution in [0.5, 0.6) is 11.5 Å². The molecule has 0 fully saturated rings. The second kappa shape index (κ2) is 10.1. The smallest absolute Gasteiger partial charge is 0.363 e. The topological polar surface area (TPSA) is 143 Å². The average Bonchev–Trinajstić information content (AvgIpc) is 3.22. The zero-order chi connectivity index (χ0) is 25.8. The zero-order valence-corrected chi connectivity index (χ0v) is 19.2. The fourth-order valence-corrected chi connectivity index (χ4v) is 3.55. The van der Waals surface area contributed by atoms with Crippen molar-refractivity contribution in [2.75, 3.05) is 7.11 Å². The second-order valence-corrected chi connectivity index (χ2v) is 7.67. The Morgan fingerprint density at radius 3 is 2.50 bits per heavy atom. The summed E-state index contributed by atoms with van der Waals surface area (Å²) < 4.78 is 16.4. The van der Waals surface area contributed by atoms with E-state index in [1.165, 1.54) is 37.5 Å². The number of methoxy groups -OCH3 is 1. The molecule has 0 amide bonds. The van der Waals surface area contributed by atoms with Crippen LogP contribution >= 0.6 is 0 Å². The molecule has 0 spiro atoms. The highest BCUT2D eigenvalue weighted by Gasteiger charge is 2.27. The number of ether oxygens (including phenoxy) is 3. The van der Waals surface area contributed by atoms with Crippen LogP contribution in [0.25, 0.3) is 6.08 Å². The van der Waals surface area contributed by atoms with Crippen molar-refractivity contribution in [3.8, 4) is 11.5 Å². The van der Waals surface area contributed by atoms with E-state index in [0.29, 0.717) is 33.8 Å². The summed E-state index contributed by atoms with van der Waals surface area (Å²) >= 11 is 0. The van der Waals surface area contributed by atoms with Gasteiger partial charge in [-0.3, -0.25) is 20.2 Å². The number of aliphatic imine (C=N–C) groups is 1. The maximum Gasteiger partial charge on any atom is 0.363 e. The Balaban J connectivity index is 1.56. The second-order valence-electron chi connectivity index (χ2n) is 7.67. The summed E-state index contributed by atoms with van der Waals surface area (Å²) in [6.07, 6.45) is 1.49. The SMILES string of the molecule is COc1cc(/C=C2\N=C(c3cccc([N+](=O)[O-])c3C)OC2=O)ccc1OCc1cccc([N+](=O)[O-])c1. The van der Waals surface area contributed by atoms with E-state index in [1.54, 1.807) is 43.3 Å². The molecule has 1 aliphatic rings. The van der Waals surface area contributed by atoms with E-state index in [2.05, 4.69) is 4.99 Å². The van der Waals surface area contributed by atoms with E-state index in [4.69, 9.17) is 14.2 Å². The van der Waals surface area contributed by atoms with Gasteiger partial charge in [-0.2, -0.15) is 0 Å². The van der Waals surface area contributed by atoms with Gasteiger partial charge < -0.3 is 14.2 Å². The van der Waals surface area contributed by atoms with E-state index in [-0.39, 0.29) is 29.6 Å². The van der Waals surface area contributed by atoms with Crippen LogP contribution in [-0.2, 0) is 16.1 Å². The Kier molecular flexibility index (Phi) is 6.72. The van der Waals surface area contributed by atoms with E-state index in [0.717, 1.165) is 0 Å². The normalized spacial score (nSPS) is 13.8. The van der Waals surface area contributed by atoms with Gasteiger partial charge in [0.15, 0.2) is 17.2 Å². The predicted molar refractivity (Wildman–Crippen MR) is 129 cm³/mol. The molecule has 11 heteroatoms. The largest absolute Gasteiger partial charge is 0.493 e. The molecule has 36 heavy (non-hydrogen) atoms. The fraction of sp³-hybridized carbons (Fsp3) is 0.120. The molecule has 0 aliphatic carbocycles. The third-order valence-electron chi connectivity index (χ3n) is 5.36. The highest BCUT2D eigenvalue weighted by molar-refractivity contribution is 6.13. The van der Waals surface area contributed by atoms with Gasteiger partial charge in [-0.15, -0.1) is 0 Å². The summed E-state index contributed by atoms with van der Waals surface area (Å²) in [5.74, 6) is 0.0636. The van der Waals surface area contributed by atoms with Gasteiger partial charge in [0.25, 0.3) is 11.4 Å². The molecule has 11 nitrogen and oxygen atoms in total. The maximum absolute atomic E-state index is 12.4. The number of nitro groups is 2. The van der Waals surface area contributed by atoms with Crippen LogP contribution in [0, 0.1) is 27.2 Å². The molecule has 0 saturated heterocycles. The van der Waals surface area contributed by atoms with Gasteiger partial charge in [-0.05, 0) is 42.3 Å². The van der Waals surface area contributed by atoms with Gasteiger partial charge in [-0.25, -0.2) is 9.79 Å². The number of nitro benzene ring substituents is 2. The summed E-state index contributed by atoms with van der Waals surface area (Å²) in [7, 11) is 1.46. The molecule has 1 heterocycles. The van der Waals surface area contributed by atoms with Gasteiger partial charge in [0.1, 0.15) is 6.61 Å². The molecular formula is C25H19N3O8. The van der Waals surface area contributed by atoms with Gasteiger partial charge in [0.05, 0.1) is 17.0 Å². The number of carbonyl (C=O) groups is 1. The Morgan fingerprint density at radius 1 is 1.00 bits per heavy atom. The third-order valence-corrected chi connectivity index (χ3v) is 5.36. The van der Waals surface area contributed by atoms with Crippen molar-refractivity contribution >= 4 is 29.3 Å². The fourth-order valence-electron chi connectivity index (χ4n) is 3.55. The third kappa shape index (κ3) is 5.04. The lowest BCUT2D eigenvalue weighted by Crippen LogP contribution is -2.08. The minimum absolute atomic E-state index is 0.0169. The number of non-ortho nitro benzene ring substituents is 1. The van der Waals surface area contributed by atoms with Gasteiger partial charge >= 0.3 is 5.97 Å². The molecule has 0 unspecified atom stereocenters. The van der Waals surface area contributed by atoms with Crippen molar-refractivity contribution in [2.45, 2.75) is 13.5 Å². The number of benzene rings is 3. The number of hydrogen-bond donors (Lipinski definition) is 0. The van der Waals surface area contributed by atoms with Crippen LogP contribution in [0.1, 0.15) is 22.3 Å². The molecular weight excluding hydrogens is 470 g/mol. The first-order chi connectivity index (χ1) is 17.3. The molecule has 3 aromatic carbocycles. The lowest BCUT2D eigenvalue weighted by Gasteiger charge is -2.11. The average molecular weight is 489 g/mol. The molecule has 4 rings (SSSR count). The molecule has 3 aromatic rings. The van der Waals surface area contributed by atoms with Crippen LogP contribution in [-0.4, -0.2) is 28.8 Å². The Hall–Kier alpha value is -5.06. The van der Waals surface area contributed by atoms with E-state index in [1.807, 2.05) is 0 Å². The molecule has 0 atom stereocenters. The van der Waals surface area contributed by atoms with Crippen molar-refractivity contribution in [1.82, 2.24) is 0 Å². The minimum Gasteiger partial charge on any atom is -0.493 e. The van der Waals surface area contributed by atoms with Crippen LogP contribution < -0.4 is 9.47 Å². The van der Waals surface area contributed by atoms with E-state index >= 15 is 0 Å². The molecule has 0 N–H and O–H groups in total. The number of esters is 1. The predicted octanol–water partition coefficient (Wildman–Crippen LogP) is 4.74.